The quantitative estimate of drug-likeness (QED) is 0.0533. The van der Waals surface area contributed by atoms with Crippen LogP contribution in [0.1, 0.15) is 0 Å². The van der Waals surface area contributed by atoms with Gasteiger partial charge in [-0.2, -0.15) is 0 Å². The van der Waals surface area contributed by atoms with Gasteiger partial charge >= 0.3 is 0 Å². The van der Waals surface area contributed by atoms with E-state index in [0.717, 1.165) is 7.96 Å². The monoisotopic (exact) mass is 3440 g/mol. The van der Waals surface area contributed by atoms with Crippen LogP contribution < -0.4 is 0 Å². The van der Waals surface area contributed by atoms with Gasteiger partial charge in [-0.3, -0.25) is 0 Å². The predicted octanol–water partition coefficient (Wildman–Crippen LogP) is 62.2. The second kappa shape index (κ2) is 83.3. The van der Waals surface area contributed by atoms with Crippen molar-refractivity contribution in [3.63, 3.8) is 0 Å². The molecule has 0 aromatic heterocycles. The molecule has 0 nitrogen and oxygen atoms in total. The summed E-state index contributed by atoms with van der Waals surface area (Å²) in [5, 5.41) is 0. The lowest BCUT2D eigenvalue weighted by Crippen LogP contribution is -2.15. The van der Waals surface area contributed by atoms with Gasteiger partial charge in [0, 0.05) is 0 Å². The van der Waals surface area contributed by atoms with Gasteiger partial charge in [0.05, 0.1) is 4.38 Å². The molecule has 650 valence electrons. The van der Waals surface area contributed by atoms with E-state index in [2.05, 4.69) is 491 Å². The lowest BCUT2D eigenvalue weighted by atomic mass is 11.8. The van der Waals surface area contributed by atoms with Gasteiger partial charge in [-0.1, -0.05) is 7.96 Å². The Morgan fingerprint density at radius 2 is 0.204 bits per heavy atom. The molecule has 0 saturated carbocycles. The Kier molecular flexibility index (Phi) is 119. The molecule has 108 heavy (non-hydrogen) atoms. The fourth-order valence-electron chi connectivity index (χ4n) is 7.26. The third-order valence-corrected chi connectivity index (χ3v) is 719. The van der Waals surface area contributed by atoms with Crippen LogP contribution in [0.4, 0.5) is 0 Å². The standard InChI is InChI=1S/CH111P107/c2-57-89(62(3)4)92(98(67(13)14)68(15)16)59(93(99(69(17)18)70(19)20)100(71(21)22)72(23)24)1(58(90(63(5)6)64(7)8)91(65(9)10)66(11)12,60(94(101(73(25)26)74(27)28)102(75(29)30)76(31)32)95(103(77(33)34)78(35)36)104(79(37)38)80(39)40)61(96(105(81(41)42)82(43)44)106(83(45)46)84(47)48)97(107(85(49)50)86(51)52)108(87(53)54)88(55)56/h57H,2-56H2. The van der Waals surface area contributed by atoms with E-state index in [1.807, 2.05) is 0 Å². The zero-order valence-corrected chi connectivity index (χ0v) is 166. The maximum Gasteiger partial charge on any atom is 0.0860 e. The Bertz CT molecular complexity index is 1890. The van der Waals surface area contributed by atoms with E-state index in [4.69, 9.17) is 0 Å². The van der Waals surface area contributed by atoms with E-state index in [9.17, 15) is 0 Å². The molecular formula is CH111P107. The SMILES string of the molecule is PPP(P(P)P)P(P(P(P)P)P(P)P)P(P(P(P(P)P)P(P)P)P(P(P)P)P(P)P)C(P(P(P(P)P)P(P)P)P(P(P)P)P(P)P)(P(P(P(P(P)P)P(P)P)P(P(P)P)P(P)P)P(P(P(P)P)P(P)P)P(P(P)P)P(P)P)P(P(P(P(P)P)P(P)P)P(P(P)P)P(P)P)P(P(P(P)P)P(P)P)P(P(P)P)P(P)P. The predicted molar refractivity (Wildman–Crippen MR) is 898 cm³/mol. The largest absolute Gasteiger partial charge is 0.109 e. The molecule has 0 heterocycles. The fraction of sp³-hybridized carbons (Fsp3) is 1.00. The van der Waals surface area contributed by atoms with Crippen molar-refractivity contribution in [2.24, 2.45) is 0 Å². The first-order chi connectivity index (χ1) is 49.1. The molecule has 0 N–H and O–H groups in total. The second-order valence-electron chi connectivity index (χ2n) is 17.5. The number of rotatable bonds is 52. The molecule has 0 saturated heterocycles. The molecule has 0 fully saturated rings. The zero-order chi connectivity index (χ0) is 85.7. The van der Waals surface area contributed by atoms with Crippen molar-refractivity contribution in [2.45, 2.75) is 4.38 Å². The molecule has 0 aromatic carbocycles. The molecule has 0 bridgehead atoms. The van der Waals surface area contributed by atoms with Crippen LogP contribution >= 0.6 is 857 Å². The maximum absolute atomic E-state index is 3.97. The summed E-state index contributed by atoms with van der Waals surface area (Å²) in [4.78, 5) is 0. The molecule has 0 aliphatic carbocycles. The normalized spacial score (nSPS) is 15.7. The Morgan fingerprint density at radius 3 is 0.296 bits per heavy atom. The first-order valence-corrected chi connectivity index (χ1v) is 217. The highest BCUT2D eigenvalue weighted by molar-refractivity contribution is 9.49. The lowest BCUT2D eigenvalue weighted by molar-refractivity contribution is 1.87. The van der Waals surface area contributed by atoms with Gasteiger partial charge < -0.3 is 0 Å². The highest BCUT2D eigenvalue weighted by Crippen LogP contribution is 3.52. The average Bonchev–Trinajstić information content (AvgIpc) is 0.671. The summed E-state index contributed by atoms with van der Waals surface area (Å²) in [6.45, 7) is -26.4. The smallest absolute Gasteiger partial charge is 0.0860 e. The maximum atomic E-state index is 3.97. The summed E-state index contributed by atoms with van der Waals surface area (Å²) < 4.78 is 0.154. The summed E-state index contributed by atoms with van der Waals surface area (Å²) in [5.41, 5.74) is 0. The molecule has 0 aromatic rings. The summed E-state index contributed by atoms with van der Waals surface area (Å²) in [5.74, 6) is 0. The summed E-state index contributed by atoms with van der Waals surface area (Å²) in [6, 6.07) is 0. The van der Waals surface area contributed by atoms with Gasteiger partial charge in [-0.05, 0) is 358 Å². The van der Waals surface area contributed by atoms with E-state index in [1.54, 1.807) is 0 Å². The molecule has 0 spiro atoms. The Hall–Kier alpha value is 46.0. The zero-order valence-electron chi connectivity index (χ0n) is 55.6. The molecule has 59 unspecified atom stereocenters. The first-order valence-electron chi connectivity index (χ1n) is 24.7. The molecule has 0 aliphatic rings. The average molecular weight is 3440 g/mol. The molecule has 59 atom stereocenters. The van der Waals surface area contributed by atoms with Crippen molar-refractivity contribution >= 4 is 857 Å². The first kappa shape index (κ1) is 154. The third kappa shape index (κ3) is 51.3. The minimum atomic E-state index is -0.861. The van der Waals surface area contributed by atoms with Crippen LogP contribution in [0.5, 0.6) is 0 Å². The van der Waals surface area contributed by atoms with Crippen LogP contribution in [0.15, 0.2) is 0 Å². The molecule has 0 rings (SSSR count). The van der Waals surface area contributed by atoms with Gasteiger partial charge in [0.15, 0.2) is 0 Å². The minimum absolute atomic E-state index is 0.154. The van der Waals surface area contributed by atoms with Gasteiger partial charge in [-0.15, -0.1) is 491 Å². The Morgan fingerprint density at radius 1 is 0.111 bits per heavy atom. The molecule has 0 amide bonds. The van der Waals surface area contributed by atoms with E-state index < -0.39 is 358 Å². The van der Waals surface area contributed by atoms with Crippen LogP contribution in [-0.4, -0.2) is 4.38 Å². The topological polar surface area (TPSA) is 0 Å². The van der Waals surface area contributed by atoms with Gasteiger partial charge in [-0.25, -0.2) is 0 Å². The second-order valence-corrected chi connectivity index (χ2v) is 448. The van der Waals surface area contributed by atoms with Crippen molar-refractivity contribution < 1.29 is 0 Å². The van der Waals surface area contributed by atoms with Gasteiger partial charge in [0.1, 0.15) is 0 Å². The highest BCUT2D eigenvalue weighted by atomic mass is 33.5. The van der Waals surface area contributed by atoms with Crippen LogP contribution in [0.25, 0.3) is 0 Å². The van der Waals surface area contributed by atoms with Crippen LogP contribution in [-0.2, 0) is 0 Å². The van der Waals surface area contributed by atoms with E-state index in [1.165, 1.54) is 0 Å². The van der Waals surface area contributed by atoms with Crippen molar-refractivity contribution in [3.8, 4) is 0 Å². The van der Waals surface area contributed by atoms with Crippen molar-refractivity contribution in [3.05, 3.63) is 0 Å². The van der Waals surface area contributed by atoms with E-state index in [-0.39, 0.29) is 4.38 Å². The van der Waals surface area contributed by atoms with Crippen LogP contribution in [0.2, 0.25) is 0 Å². The minimum Gasteiger partial charge on any atom is -0.109 e. The molecule has 0 aliphatic heterocycles. The Balaban J connectivity index is 16.4. The molecular weight excluding hydrogens is 3330 g/mol. The van der Waals surface area contributed by atoms with Crippen molar-refractivity contribution in [2.75, 3.05) is 0 Å². The fourth-order valence-corrected chi connectivity index (χ4v) is 1420. The highest BCUT2D eigenvalue weighted by Gasteiger charge is 2.77. The summed E-state index contributed by atoms with van der Waals surface area (Å²) >= 11 is 0. The Labute approximate surface area is 846 Å². The van der Waals surface area contributed by atoms with Gasteiger partial charge in [0.2, 0.25) is 0 Å². The summed E-state index contributed by atoms with van der Waals surface area (Å²) in [6.07, 6.45) is 0. The number of hydrogen-bond donors (Lipinski definition) is 0. The van der Waals surface area contributed by atoms with Crippen molar-refractivity contribution in [1.29, 1.82) is 0 Å². The lowest BCUT2D eigenvalue weighted by Gasteiger charge is -2.72. The van der Waals surface area contributed by atoms with E-state index >= 15 is 0 Å². The van der Waals surface area contributed by atoms with Crippen LogP contribution in [0, 0.1) is 0 Å². The van der Waals surface area contributed by atoms with E-state index in [0.29, 0.717) is 0 Å². The van der Waals surface area contributed by atoms with Crippen LogP contribution in [0.3, 0.4) is 0 Å². The third-order valence-electron chi connectivity index (χ3n) is 10.1. The number of hydrogen-bond acceptors (Lipinski definition) is 0. The van der Waals surface area contributed by atoms with Crippen molar-refractivity contribution in [1.82, 2.24) is 0 Å². The molecule has 107 heteroatoms. The van der Waals surface area contributed by atoms with Gasteiger partial charge in [0.25, 0.3) is 0 Å². The summed E-state index contributed by atoms with van der Waals surface area (Å²) in [7, 11) is 212. The molecule has 0 radical (unpaired) electrons.